The number of nitrogens with one attached hydrogen (secondary N) is 1. The van der Waals surface area contributed by atoms with Crippen LogP contribution in [0.2, 0.25) is 5.02 Å². The smallest absolute Gasteiger partial charge is 0.234 e. The van der Waals surface area contributed by atoms with Gasteiger partial charge in [0.05, 0.1) is 20.3 Å². The Hall–Kier alpha value is -1.30. The van der Waals surface area contributed by atoms with Gasteiger partial charge in [0.1, 0.15) is 5.75 Å². The Balaban J connectivity index is 1.84. The molecule has 1 amide bonds. The number of ether oxygens (including phenoxy) is 2. The molecule has 0 bridgehead atoms. The second kappa shape index (κ2) is 8.22. The average molecular weight is 313 g/mol. The predicted octanol–water partition coefficient (Wildman–Crippen LogP) is 1.69. The molecule has 0 radical (unpaired) electrons. The molecule has 1 aromatic rings. The summed E-state index contributed by atoms with van der Waals surface area (Å²) in [6.07, 6.45) is 0.968. The van der Waals surface area contributed by atoms with Gasteiger partial charge in [0, 0.05) is 36.8 Å². The first kappa shape index (κ1) is 16.1. The van der Waals surface area contributed by atoms with Crippen molar-refractivity contribution in [2.75, 3.05) is 40.0 Å². The van der Waals surface area contributed by atoms with Crippen LogP contribution in [0.3, 0.4) is 0 Å². The fourth-order valence-corrected chi connectivity index (χ4v) is 2.49. The van der Waals surface area contributed by atoms with E-state index >= 15 is 0 Å². The third kappa shape index (κ3) is 5.19. The molecule has 1 fully saturated rings. The quantitative estimate of drug-likeness (QED) is 0.899. The van der Waals surface area contributed by atoms with E-state index in [1.807, 2.05) is 0 Å². The van der Waals surface area contributed by atoms with Gasteiger partial charge in [0.25, 0.3) is 0 Å². The molecule has 0 aliphatic carbocycles. The normalized spacial score (nSPS) is 16.3. The van der Waals surface area contributed by atoms with Crippen LogP contribution in [0.4, 0.5) is 0 Å². The minimum absolute atomic E-state index is 0.000992. The zero-order valence-corrected chi connectivity index (χ0v) is 13.0. The van der Waals surface area contributed by atoms with Gasteiger partial charge in [-0.2, -0.15) is 0 Å². The number of nitrogens with zero attached hydrogens (tertiary/aromatic N) is 1. The molecule has 1 heterocycles. The van der Waals surface area contributed by atoms with Crippen molar-refractivity contribution in [2.24, 2.45) is 0 Å². The van der Waals surface area contributed by atoms with Crippen LogP contribution in [0, 0.1) is 0 Å². The van der Waals surface area contributed by atoms with E-state index in [4.69, 9.17) is 21.1 Å². The van der Waals surface area contributed by atoms with E-state index in [2.05, 4.69) is 10.2 Å². The highest BCUT2D eigenvalue weighted by Gasteiger charge is 2.13. The van der Waals surface area contributed by atoms with Crippen LogP contribution in [0.15, 0.2) is 18.2 Å². The lowest BCUT2D eigenvalue weighted by Crippen LogP contribution is -2.38. The Bertz CT molecular complexity index is 474. The van der Waals surface area contributed by atoms with Gasteiger partial charge in [-0.15, -0.1) is 0 Å². The number of hydrogen-bond acceptors (Lipinski definition) is 4. The van der Waals surface area contributed by atoms with Gasteiger partial charge in [-0.1, -0.05) is 11.6 Å². The van der Waals surface area contributed by atoms with E-state index in [9.17, 15) is 4.79 Å². The summed E-state index contributed by atoms with van der Waals surface area (Å²) in [7, 11) is 1.60. The molecule has 0 atom stereocenters. The van der Waals surface area contributed by atoms with Crippen molar-refractivity contribution in [3.63, 3.8) is 0 Å². The first-order chi connectivity index (χ1) is 10.2. The first-order valence-corrected chi connectivity index (χ1v) is 7.46. The SMILES string of the molecule is COc1ccc(Cl)cc1CNC(=O)CN1CCCOCC1. The van der Waals surface area contributed by atoms with Gasteiger partial charge in [-0.25, -0.2) is 0 Å². The van der Waals surface area contributed by atoms with E-state index in [-0.39, 0.29) is 5.91 Å². The van der Waals surface area contributed by atoms with Crippen molar-refractivity contribution in [3.05, 3.63) is 28.8 Å². The predicted molar refractivity (Wildman–Crippen MR) is 81.7 cm³/mol. The van der Waals surface area contributed by atoms with Gasteiger partial charge in [-0.3, -0.25) is 9.69 Å². The van der Waals surface area contributed by atoms with Crippen molar-refractivity contribution in [1.29, 1.82) is 0 Å². The van der Waals surface area contributed by atoms with Crippen LogP contribution in [-0.2, 0) is 16.1 Å². The summed E-state index contributed by atoms with van der Waals surface area (Å²) in [5.74, 6) is 0.724. The van der Waals surface area contributed by atoms with Crippen molar-refractivity contribution >= 4 is 17.5 Å². The average Bonchev–Trinajstić information content (AvgIpc) is 2.74. The van der Waals surface area contributed by atoms with Crippen molar-refractivity contribution in [3.8, 4) is 5.75 Å². The largest absolute Gasteiger partial charge is 0.496 e. The monoisotopic (exact) mass is 312 g/mol. The summed E-state index contributed by atoms with van der Waals surface area (Å²) >= 11 is 5.97. The maximum atomic E-state index is 12.0. The second-order valence-electron chi connectivity index (χ2n) is 4.97. The molecule has 0 spiro atoms. The molecule has 1 aliphatic rings. The van der Waals surface area contributed by atoms with Crippen LogP contribution in [-0.4, -0.2) is 50.8 Å². The molecule has 1 aromatic carbocycles. The van der Waals surface area contributed by atoms with Gasteiger partial charge < -0.3 is 14.8 Å². The number of rotatable bonds is 5. The maximum Gasteiger partial charge on any atom is 0.234 e. The second-order valence-corrected chi connectivity index (χ2v) is 5.41. The number of methoxy groups -OCH3 is 1. The lowest BCUT2D eigenvalue weighted by atomic mass is 10.2. The Labute approximate surface area is 130 Å². The highest BCUT2D eigenvalue weighted by atomic mass is 35.5. The zero-order chi connectivity index (χ0) is 15.1. The number of benzene rings is 1. The Morgan fingerprint density at radius 1 is 1.43 bits per heavy atom. The van der Waals surface area contributed by atoms with E-state index < -0.39 is 0 Å². The Morgan fingerprint density at radius 3 is 3.10 bits per heavy atom. The summed E-state index contributed by atoms with van der Waals surface area (Å²) < 4.78 is 10.6. The van der Waals surface area contributed by atoms with E-state index in [0.29, 0.717) is 24.7 Å². The van der Waals surface area contributed by atoms with Crippen LogP contribution >= 0.6 is 11.6 Å². The number of halogens is 1. The molecule has 0 unspecified atom stereocenters. The number of carbonyl (C=O) groups excluding carboxylic acids is 1. The highest BCUT2D eigenvalue weighted by molar-refractivity contribution is 6.30. The van der Waals surface area contributed by atoms with Gasteiger partial charge >= 0.3 is 0 Å². The molecule has 1 N–H and O–H groups in total. The first-order valence-electron chi connectivity index (χ1n) is 7.08. The standard InChI is InChI=1S/C15H21ClN2O3/c1-20-14-4-3-13(16)9-12(14)10-17-15(19)11-18-5-2-7-21-8-6-18/h3-4,9H,2,5-8,10-11H2,1H3,(H,17,19). The lowest BCUT2D eigenvalue weighted by Gasteiger charge is -2.18. The number of hydrogen-bond donors (Lipinski definition) is 1. The van der Waals surface area contributed by atoms with Crippen LogP contribution < -0.4 is 10.1 Å². The molecule has 0 aromatic heterocycles. The lowest BCUT2D eigenvalue weighted by molar-refractivity contribution is -0.122. The van der Waals surface area contributed by atoms with Crippen LogP contribution in [0.1, 0.15) is 12.0 Å². The molecule has 21 heavy (non-hydrogen) atoms. The molecule has 1 saturated heterocycles. The van der Waals surface area contributed by atoms with Crippen LogP contribution in [0.5, 0.6) is 5.75 Å². The third-order valence-corrected chi connectivity index (χ3v) is 3.64. The van der Waals surface area contributed by atoms with Gasteiger partial charge in [0.2, 0.25) is 5.91 Å². The van der Waals surface area contributed by atoms with E-state index in [1.165, 1.54) is 0 Å². The minimum atomic E-state index is -0.000992. The topological polar surface area (TPSA) is 50.8 Å². The van der Waals surface area contributed by atoms with E-state index in [1.54, 1.807) is 25.3 Å². The third-order valence-electron chi connectivity index (χ3n) is 3.40. The maximum absolute atomic E-state index is 12.0. The zero-order valence-electron chi connectivity index (χ0n) is 12.2. The van der Waals surface area contributed by atoms with Gasteiger partial charge in [0.15, 0.2) is 0 Å². The molecule has 5 nitrogen and oxygen atoms in total. The summed E-state index contributed by atoms with van der Waals surface area (Å²) in [6.45, 7) is 3.97. The van der Waals surface area contributed by atoms with Gasteiger partial charge in [-0.05, 0) is 24.6 Å². The Morgan fingerprint density at radius 2 is 2.29 bits per heavy atom. The minimum Gasteiger partial charge on any atom is -0.496 e. The van der Waals surface area contributed by atoms with Crippen molar-refractivity contribution in [2.45, 2.75) is 13.0 Å². The fraction of sp³-hybridized carbons (Fsp3) is 0.533. The molecular weight excluding hydrogens is 292 g/mol. The van der Waals surface area contributed by atoms with E-state index in [0.717, 1.165) is 37.4 Å². The molecule has 0 saturated carbocycles. The van der Waals surface area contributed by atoms with Crippen LogP contribution in [0.25, 0.3) is 0 Å². The van der Waals surface area contributed by atoms with Crippen molar-refractivity contribution < 1.29 is 14.3 Å². The summed E-state index contributed by atoms with van der Waals surface area (Å²) in [5.41, 5.74) is 0.873. The molecule has 6 heteroatoms. The molecular formula is C15H21ClN2O3. The summed E-state index contributed by atoms with van der Waals surface area (Å²) in [4.78, 5) is 14.1. The summed E-state index contributed by atoms with van der Waals surface area (Å²) in [6, 6.07) is 5.37. The number of amides is 1. The van der Waals surface area contributed by atoms with Crippen molar-refractivity contribution in [1.82, 2.24) is 10.2 Å². The molecule has 1 aliphatic heterocycles. The Kier molecular flexibility index (Phi) is 6.29. The molecule has 2 rings (SSSR count). The number of carbonyl (C=O) groups is 1. The fourth-order valence-electron chi connectivity index (χ4n) is 2.29. The summed E-state index contributed by atoms with van der Waals surface area (Å²) in [5, 5.41) is 3.54. The molecule has 116 valence electrons. The highest BCUT2D eigenvalue weighted by Crippen LogP contribution is 2.22.